The molecule has 1 aliphatic heterocycles. The van der Waals surface area contributed by atoms with Gasteiger partial charge in [0.15, 0.2) is 5.78 Å². The lowest BCUT2D eigenvalue weighted by Gasteiger charge is -2.30. The van der Waals surface area contributed by atoms with Crippen molar-refractivity contribution in [3.63, 3.8) is 0 Å². The van der Waals surface area contributed by atoms with Gasteiger partial charge in [-0.1, -0.05) is 43.3 Å². The molecular formula is C26H30FN3O5. The zero-order valence-corrected chi connectivity index (χ0v) is 20.0. The summed E-state index contributed by atoms with van der Waals surface area (Å²) in [6.07, 6.45) is 4.65. The molecule has 1 N–H and O–H groups in total. The number of aromatic nitrogens is 1. The van der Waals surface area contributed by atoms with Crippen molar-refractivity contribution in [3.05, 3.63) is 42.2 Å². The van der Waals surface area contributed by atoms with E-state index in [1.54, 1.807) is 20.0 Å². The van der Waals surface area contributed by atoms with Gasteiger partial charge >= 0.3 is 5.97 Å². The van der Waals surface area contributed by atoms with E-state index in [9.17, 15) is 18.8 Å². The highest BCUT2D eigenvalue weighted by atomic mass is 19.1. The number of benzene rings is 1. The number of ketones is 1. The van der Waals surface area contributed by atoms with Gasteiger partial charge in [-0.2, -0.15) is 0 Å². The van der Waals surface area contributed by atoms with Crippen LogP contribution in [-0.2, 0) is 24.0 Å². The second-order valence-electron chi connectivity index (χ2n) is 9.46. The van der Waals surface area contributed by atoms with Crippen LogP contribution in [-0.4, -0.2) is 52.8 Å². The van der Waals surface area contributed by atoms with Crippen LogP contribution in [0, 0.1) is 5.92 Å². The predicted octanol–water partition coefficient (Wildman–Crippen LogP) is 3.65. The Balaban J connectivity index is 1.51. The number of rotatable bonds is 9. The lowest BCUT2D eigenvalue weighted by Crippen LogP contribution is -2.56. The number of hydrogen-bond donors (Lipinski definition) is 1. The molecule has 1 fully saturated rings. The van der Waals surface area contributed by atoms with Crippen molar-refractivity contribution < 1.29 is 28.3 Å². The summed E-state index contributed by atoms with van der Waals surface area (Å²) in [6.45, 7) is 2.29. The predicted molar refractivity (Wildman–Crippen MR) is 127 cm³/mol. The third kappa shape index (κ3) is 5.18. The van der Waals surface area contributed by atoms with E-state index >= 15 is 0 Å². The molecule has 1 aromatic heterocycles. The Labute approximate surface area is 203 Å². The second kappa shape index (κ2) is 10.5. The number of halogens is 1. The first kappa shape index (κ1) is 24.8. The molecule has 2 atom stereocenters. The molecule has 1 aromatic carbocycles. The zero-order valence-electron chi connectivity index (χ0n) is 20.0. The molecule has 9 heteroatoms. The normalized spacial score (nSPS) is 21.0. The molecule has 0 spiro atoms. The van der Waals surface area contributed by atoms with Gasteiger partial charge in [-0.3, -0.25) is 19.4 Å². The Bertz CT molecular complexity index is 1140. The molecule has 1 saturated carbocycles. The molecule has 1 unspecified atom stereocenters. The minimum absolute atomic E-state index is 0.112. The van der Waals surface area contributed by atoms with E-state index in [2.05, 4.69) is 15.5 Å². The Morgan fingerprint density at radius 1 is 1.20 bits per heavy atom. The zero-order chi connectivity index (χ0) is 25.0. The fourth-order valence-corrected chi connectivity index (χ4v) is 4.65. The fraction of sp³-hybridized carbons (Fsp3) is 0.500. The number of carbonyl (C=O) groups is 3. The molecule has 0 saturated heterocycles. The number of nitrogens with one attached hydrogen (secondary N) is 1. The molecule has 1 amide bonds. The van der Waals surface area contributed by atoms with Gasteiger partial charge in [0.1, 0.15) is 24.5 Å². The van der Waals surface area contributed by atoms with E-state index in [-0.39, 0.29) is 18.4 Å². The molecule has 2 aliphatic rings. The van der Waals surface area contributed by atoms with E-state index in [0.29, 0.717) is 11.4 Å². The Morgan fingerprint density at radius 2 is 1.94 bits per heavy atom. The number of ether oxygens (including phenoxy) is 1. The van der Waals surface area contributed by atoms with Gasteiger partial charge < -0.3 is 14.9 Å². The first-order valence-electron chi connectivity index (χ1n) is 12.0. The molecule has 8 nitrogen and oxygen atoms in total. The van der Waals surface area contributed by atoms with Gasteiger partial charge in [-0.25, -0.2) is 4.39 Å². The van der Waals surface area contributed by atoms with Gasteiger partial charge in [-0.15, -0.1) is 0 Å². The van der Waals surface area contributed by atoms with Crippen LogP contribution in [0.15, 0.2) is 41.7 Å². The number of alkyl halides is 1. The molecule has 2 aromatic rings. The van der Waals surface area contributed by atoms with Gasteiger partial charge in [0.25, 0.3) is 5.91 Å². The molecule has 0 radical (unpaired) electrons. The lowest BCUT2D eigenvalue weighted by molar-refractivity contribution is -0.154. The quantitative estimate of drug-likeness (QED) is 0.546. The average Bonchev–Trinajstić information content (AvgIpc) is 3.53. The van der Waals surface area contributed by atoms with E-state index in [4.69, 9.17) is 9.57 Å². The molecule has 1 aliphatic carbocycles. The molecule has 2 heterocycles. The minimum atomic E-state index is -1.43. The van der Waals surface area contributed by atoms with Crippen molar-refractivity contribution in [1.82, 2.24) is 10.3 Å². The number of nitrogens with zero attached hydrogens (tertiary/aromatic N) is 2. The van der Waals surface area contributed by atoms with Crippen LogP contribution in [0.3, 0.4) is 0 Å². The van der Waals surface area contributed by atoms with Crippen LogP contribution in [0.1, 0.15) is 58.1 Å². The van der Waals surface area contributed by atoms with E-state index in [1.807, 2.05) is 30.3 Å². The van der Waals surface area contributed by atoms with Gasteiger partial charge in [0.2, 0.25) is 5.60 Å². The summed E-state index contributed by atoms with van der Waals surface area (Å²) >= 11 is 0. The first-order valence-corrected chi connectivity index (χ1v) is 12.0. The van der Waals surface area contributed by atoms with Crippen molar-refractivity contribution >= 4 is 34.1 Å². The molecule has 35 heavy (non-hydrogen) atoms. The lowest BCUT2D eigenvalue weighted by atomic mass is 9.83. The number of fused-ring (bicyclic) bond motifs is 1. The Morgan fingerprint density at radius 3 is 2.66 bits per heavy atom. The van der Waals surface area contributed by atoms with Gasteiger partial charge in [0.05, 0.1) is 12.1 Å². The van der Waals surface area contributed by atoms with Crippen LogP contribution >= 0.6 is 0 Å². The summed E-state index contributed by atoms with van der Waals surface area (Å²) < 4.78 is 18.7. The van der Waals surface area contributed by atoms with Gasteiger partial charge in [0, 0.05) is 23.9 Å². The standard InChI is InChI=1S/C26H30FN3O5/c1-16(2)26(14-21(30-35-26)24-19-10-6-3-7-17(19)11-12-28-24)25(33)29-20(22(31)15-27)13-23(32)34-18-8-4-5-9-18/h3,6-7,10-12,16,18,20H,4-5,8-9,13-15H2,1-2H3,(H,29,33)/t20-,26?/m0/s1. The molecule has 4 rings (SSSR count). The fourth-order valence-electron chi connectivity index (χ4n) is 4.65. The third-order valence-corrected chi connectivity index (χ3v) is 6.81. The highest BCUT2D eigenvalue weighted by molar-refractivity contribution is 6.12. The Hall–Kier alpha value is -3.36. The maximum Gasteiger partial charge on any atom is 0.308 e. The van der Waals surface area contributed by atoms with Crippen molar-refractivity contribution in [2.75, 3.05) is 6.67 Å². The summed E-state index contributed by atoms with van der Waals surface area (Å²) in [6, 6.07) is 8.23. The number of Topliss-reactive ketones (excluding diaryl/α,β-unsaturated/α-hetero) is 1. The summed E-state index contributed by atoms with van der Waals surface area (Å²) in [5, 5.41) is 8.59. The highest BCUT2D eigenvalue weighted by Gasteiger charge is 2.51. The summed E-state index contributed by atoms with van der Waals surface area (Å²) in [7, 11) is 0. The monoisotopic (exact) mass is 483 g/mol. The van der Waals surface area contributed by atoms with Crippen LogP contribution < -0.4 is 5.32 Å². The number of amides is 1. The first-order chi connectivity index (χ1) is 16.8. The third-order valence-electron chi connectivity index (χ3n) is 6.81. The topological polar surface area (TPSA) is 107 Å². The van der Waals surface area contributed by atoms with Crippen molar-refractivity contribution in [2.45, 2.75) is 70.1 Å². The summed E-state index contributed by atoms with van der Waals surface area (Å²) in [5.41, 5.74) is -0.326. The van der Waals surface area contributed by atoms with Gasteiger partial charge in [-0.05, 0) is 37.1 Å². The SMILES string of the molecule is CC(C)C1(C(=O)N[C@@H](CC(=O)OC2CCCC2)C(=O)CF)CC(c2nccc3ccccc23)=NO1. The molecule has 186 valence electrons. The number of oxime groups is 1. The second-order valence-corrected chi connectivity index (χ2v) is 9.46. The van der Waals surface area contributed by atoms with E-state index in [0.717, 1.165) is 36.5 Å². The van der Waals surface area contributed by atoms with Crippen LogP contribution in [0.25, 0.3) is 10.8 Å². The number of pyridine rings is 1. The summed E-state index contributed by atoms with van der Waals surface area (Å²) in [4.78, 5) is 48.3. The van der Waals surface area contributed by atoms with Crippen molar-refractivity contribution in [3.8, 4) is 0 Å². The summed E-state index contributed by atoms with van der Waals surface area (Å²) in [5.74, 6) is -2.50. The molecule has 0 bridgehead atoms. The van der Waals surface area contributed by atoms with E-state index in [1.165, 1.54) is 0 Å². The van der Waals surface area contributed by atoms with Crippen LogP contribution in [0.4, 0.5) is 4.39 Å². The van der Waals surface area contributed by atoms with Crippen molar-refractivity contribution in [1.29, 1.82) is 0 Å². The minimum Gasteiger partial charge on any atom is -0.462 e. The maximum atomic E-state index is 13.4. The Kier molecular flexibility index (Phi) is 7.42. The number of hydrogen-bond acceptors (Lipinski definition) is 7. The van der Waals surface area contributed by atoms with Crippen LogP contribution in [0.2, 0.25) is 0 Å². The number of esters is 1. The number of carbonyl (C=O) groups excluding carboxylic acids is 3. The van der Waals surface area contributed by atoms with Crippen molar-refractivity contribution in [2.24, 2.45) is 11.1 Å². The molecular weight excluding hydrogens is 453 g/mol. The van der Waals surface area contributed by atoms with Crippen LogP contribution in [0.5, 0.6) is 0 Å². The average molecular weight is 484 g/mol. The smallest absolute Gasteiger partial charge is 0.308 e. The largest absolute Gasteiger partial charge is 0.462 e. The van der Waals surface area contributed by atoms with E-state index < -0.39 is 42.4 Å². The highest BCUT2D eigenvalue weighted by Crippen LogP contribution is 2.35. The maximum absolute atomic E-state index is 13.4.